The second-order valence-electron chi connectivity index (χ2n) is 7.13. The van der Waals surface area contributed by atoms with Gasteiger partial charge in [-0.25, -0.2) is 0 Å². The van der Waals surface area contributed by atoms with E-state index in [4.69, 9.17) is 9.05 Å². The maximum absolute atomic E-state index is 14.0. The van der Waals surface area contributed by atoms with Crippen molar-refractivity contribution in [2.75, 3.05) is 12.3 Å². The van der Waals surface area contributed by atoms with Crippen molar-refractivity contribution in [2.24, 2.45) is 0 Å². The highest BCUT2D eigenvalue weighted by Gasteiger charge is 2.31. The van der Waals surface area contributed by atoms with E-state index in [0.29, 0.717) is 12.6 Å². The fourth-order valence-electron chi connectivity index (χ4n) is 3.00. The zero-order valence-electron chi connectivity index (χ0n) is 16.6. The molecule has 0 radical (unpaired) electrons. The molecule has 0 saturated carbocycles. The Morgan fingerprint density at radius 3 is 1.48 bits per heavy atom. The fourth-order valence-corrected chi connectivity index (χ4v) is 8.07. The molecule has 2 aromatic rings. The summed E-state index contributed by atoms with van der Waals surface area (Å²) in [5.74, 6) is 0. The fraction of sp³-hybridized carbons (Fsp3) is 0.429. The Kier molecular flexibility index (Phi) is 8.06. The van der Waals surface area contributed by atoms with Gasteiger partial charge in [-0.05, 0) is 34.1 Å². The molecule has 4 nitrogen and oxygen atoms in total. The molecule has 0 amide bonds. The highest BCUT2D eigenvalue weighted by atomic mass is 31.2. The van der Waals surface area contributed by atoms with Crippen molar-refractivity contribution >= 4 is 25.3 Å². The summed E-state index contributed by atoms with van der Waals surface area (Å²) in [5.41, 5.74) is 0. The van der Waals surface area contributed by atoms with Gasteiger partial charge in [0.1, 0.15) is 7.14 Å². The van der Waals surface area contributed by atoms with E-state index >= 15 is 0 Å². The third-order valence-corrected chi connectivity index (χ3v) is 9.55. The van der Waals surface area contributed by atoms with E-state index in [-0.39, 0.29) is 18.4 Å². The largest absolute Gasteiger partial charge is 0.331 e. The number of benzene rings is 2. The molecule has 0 unspecified atom stereocenters. The molecule has 0 aliphatic rings. The second kappa shape index (κ2) is 9.85. The molecule has 148 valence electrons. The van der Waals surface area contributed by atoms with Crippen LogP contribution < -0.4 is 10.6 Å². The highest BCUT2D eigenvalue weighted by Crippen LogP contribution is 2.53. The lowest BCUT2D eigenvalue weighted by molar-refractivity contribution is 0.142. The molecule has 2 rings (SSSR count). The van der Waals surface area contributed by atoms with Gasteiger partial charge in [0.05, 0.1) is 18.4 Å². The molecule has 0 fully saturated rings. The van der Waals surface area contributed by atoms with Crippen molar-refractivity contribution in [1.29, 1.82) is 0 Å². The molecular weight excluding hydrogens is 378 g/mol. The number of rotatable bonds is 10. The molecule has 2 aromatic carbocycles. The zero-order chi connectivity index (χ0) is 19.9. The van der Waals surface area contributed by atoms with Gasteiger partial charge >= 0.3 is 7.60 Å². The van der Waals surface area contributed by atoms with Gasteiger partial charge in [0.25, 0.3) is 0 Å². The quantitative estimate of drug-likeness (QED) is 0.492. The average molecular weight is 408 g/mol. The van der Waals surface area contributed by atoms with Gasteiger partial charge in [0, 0.05) is 16.8 Å². The van der Waals surface area contributed by atoms with Gasteiger partial charge in [-0.1, -0.05) is 60.7 Å². The smallest absolute Gasteiger partial charge is 0.314 e. The maximum Gasteiger partial charge on any atom is 0.331 e. The second-order valence-corrected chi connectivity index (χ2v) is 12.2. The number of hydrogen-bond acceptors (Lipinski definition) is 4. The van der Waals surface area contributed by atoms with E-state index in [9.17, 15) is 9.13 Å². The standard InChI is InChI=1S/C21H30O4P2/c1-18(2)24-27(23,25-19(3)4)17-11-16-26(22,20-12-7-5-8-13-20)21-14-9-6-10-15-21/h5-10,12-15,18-19H,11,16-17H2,1-4H3. The molecule has 0 bridgehead atoms. The van der Waals surface area contributed by atoms with Crippen molar-refractivity contribution < 1.29 is 18.2 Å². The van der Waals surface area contributed by atoms with E-state index in [2.05, 4.69) is 0 Å². The minimum Gasteiger partial charge on any atom is -0.314 e. The SMILES string of the molecule is CC(C)OP(=O)(CCCP(=O)(c1ccccc1)c1ccccc1)OC(C)C. The highest BCUT2D eigenvalue weighted by molar-refractivity contribution is 7.78. The van der Waals surface area contributed by atoms with Crippen LogP contribution >= 0.6 is 14.7 Å². The summed E-state index contributed by atoms with van der Waals surface area (Å²) >= 11 is 0. The lowest BCUT2D eigenvalue weighted by Gasteiger charge is -2.24. The first-order valence-corrected chi connectivity index (χ1v) is 13.0. The first-order chi connectivity index (χ1) is 12.8. The normalized spacial score (nSPS) is 12.7. The Balaban J connectivity index is 2.22. The van der Waals surface area contributed by atoms with Crippen molar-refractivity contribution in [3.05, 3.63) is 60.7 Å². The summed E-state index contributed by atoms with van der Waals surface area (Å²) in [5, 5.41) is 1.64. The van der Waals surface area contributed by atoms with Crippen LogP contribution in [0.2, 0.25) is 0 Å². The lowest BCUT2D eigenvalue weighted by Crippen LogP contribution is -2.19. The zero-order valence-corrected chi connectivity index (χ0v) is 18.4. The van der Waals surface area contributed by atoms with Gasteiger partial charge in [0.2, 0.25) is 0 Å². The van der Waals surface area contributed by atoms with Gasteiger partial charge in [0.15, 0.2) is 0 Å². The van der Waals surface area contributed by atoms with E-state index in [0.717, 1.165) is 10.6 Å². The van der Waals surface area contributed by atoms with Crippen molar-refractivity contribution in [3.8, 4) is 0 Å². The van der Waals surface area contributed by atoms with Crippen molar-refractivity contribution in [3.63, 3.8) is 0 Å². The van der Waals surface area contributed by atoms with Crippen LogP contribution in [0.25, 0.3) is 0 Å². The van der Waals surface area contributed by atoms with Crippen LogP contribution in [0.15, 0.2) is 60.7 Å². The molecule has 0 aromatic heterocycles. The monoisotopic (exact) mass is 408 g/mol. The van der Waals surface area contributed by atoms with Gasteiger partial charge < -0.3 is 13.6 Å². The topological polar surface area (TPSA) is 52.6 Å². The van der Waals surface area contributed by atoms with Crippen LogP contribution in [0.4, 0.5) is 0 Å². The van der Waals surface area contributed by atoms with Gasteiger partial charge in [-0.2, -0.15) is 0 Å². The minimum absolute atomic E-state index is 0.190. The van der Waals surface area contributed by atoms with Crippen LogP contribution in [0, 0.1) is 0 Å². The molecule has 0 saturated heterocycles. The Morgan fingerprint density at radius 1 is 0.704 bits per heavy atom. The molecule has 0 atom stereocenters. The lowest BCUT2D eigenvalue weighted by atomic mass is 10.4. The van der Waals surface area contributed by atoms with Crippen LogP contribution in [0.5, 0.6) is 0 Å². The van der Waals surface area contributed by atoms with Crippen LogP contribution in [0.3, 0.4) is 0 Å². The summed E-state index contributed by atoms with van der Waals surface area (Å²) in [6.45, 7) is 7.37. The first-order valence-electron chi connectivity index (χ1n) is 9.41. The predicted octanol–water partition coefficient (Wildman–Crippen LogP) is 5.43. The Hall–Kier alpha value is -1.18. The average Bonchev–Trinajstić information content (AvgIpc) is 2.61. The van der Waals surface area contributed by atoms with E-state index < -0.39 is 14.7 Å². The molecule has 27 heavy (non-hydrogen) atoms. The van der Waals surface area contributed by atoms with E-state index in [1.165, 1.54) is 0 Å². The molecule has 0 N–H and O–H groups in total. The molecular formula is C21H30O4P2. The van der Waals surface area contributed by atoms with Crippen LogP contribution in [-0.2, 0) is 18.2 Å². The molecule has 0 aliphatic heterocycles. The summed E-state index contributed by atoms with van der Waals surface area (Å²) in [6, 6.07) is 19.1. The maximum atomic E-state index is 14.0. The summed E-state index contributed by atoms with van der Waals surface area (Å²) < 4.78 is 38.3. The molecule has 0 heterocycles. The van der Waals surface area contributed by atoms with Crippen molar-refractivity contribution in [2.45, 2.75) is 46.3 Å². The molecule has 6 heteroatoms. The summed E-state index contributed by atoms with van der Waals surface area (Å²) in [6.07, 6.45) is 0.799. The molecule has 0 aliphatic carbocycles. The third kappa shape index (κ3) is 6.43. The summed E-state index contributed by atoms with van der Waals surface area (Å²) in [7, 11) is -6.03. The van der Waals surface area contributed by atoms with Crippen LogP contribution in [-0.4, -0.2) is 24.5 Å². The Morgan fingerprint density at radius 2 is 1.11 bits per heavy atom. The molecule has 0 spiro atoms. The summed E-state index contributed by atoms with van der Waals surface area (Å²) in [4.78, 5) is 0. The van der Waals surface area contributed by atoms with Crippen LogP contribution in [0.1, 0.15) is 34.1 Å². The van der Waals surface area contributed by atoms with Crippen molar-refractivity contribution in [1.82, 2.24) is 0 Å². The Labute approximate surface area is 163 Å². The van der Waals surface area contributed by atoms with Gasteiger partial charge in [-0.15, -0.1) is 0 Å². The predicted molar refractivity (Wildman–Crippen MR) is 114 cm³/mol. The minimum atomic E-state index is -3.22. The van der Waals surface area contributed by atoms with Gasteiger partial charge in [-0.3, -0.25) is 4.57 Å². The van der Waals surface area contributed by atoms with E-state index in [1.54, 1.807) is 0 Å². The number of hydrogen-bond donors (Lipinski definition) is 0. The van der Waals surface area contributed by atoms with E-state index in [1.807, 2.05) is 88.4 Å². The Bertz CT molecular complexity index is 731. The first kappa shape index (κ1) is 22.1. The third-order valence-electron chi connectivity index (χ3n) is 3.99.